The van der Waals surface area contributed by atoms with Gasteiger partial charge in [0.1, 0.15) is 0 Å². The van der Waals surface area contributed by atoms with E-state index in [4.69, 9.17) is 5.26 Å². The number of rotatable bonds is 2. The van der Waals surface area contributed by atoms with Gasteiger partial charge in [-0.05, 0) is 43.2 Å². The maximum Gasteiger partial charge on any atom is 0.195 e. The van der Waals surface area contributed by atoms with Crippen LogP contribution in [0.4, 0.5) is 0 Å². The summed E-state index contributed by atoms with van der Waals surface area (Å²) < 4.78 is 0. The van der Waals surface area contributed by atoms with Crippen LogP contribution < -0.4 is 0 Å². The van der Waals surface area contributed by atoms with Gasteiger partial charge < -0.3 is 4.98 Å². The van der Waals surface area contributed by atoms with Gasteiger partial charge in [0.05, 0.1) is 11.6 Å². The molecule has 3 rings (SSSR count). The first-order valence-corrected chi connectivity index (χ1v) is 6.74. The Bertz CT molecular complexity index is 877. The van der Waals surface area contributed by atoms with E-state index in [1.807, 2.05) is 38.1 Å². The lowest BCUT2D eigenvalue weighted by molar-refractivity contribution is 0.103. The quantitative estimate of drug-likeness (QED) is 0.721. The number of aryl methyl sites for hydroxylation is 2. The molecule has 0 saturated heterocycles. The van der Waals surface area contributed by atoms with Gasteiger partial charge in [0, 0.05) is 28.2 Å². The number of aromatic amines is 1. The molecule has 0 fully saturated rings. The highest BCUT2D eigenvalue weighted by Crippen LogP contribution is 2.25. The molecule has 1 N–H and O–H groups in total. The van der Waals surface area contributed by atoms with E-state index in [9.17, 15) is 4.79 Å². The van der Waals surface area contributed by atoms with E-state index in [0.717, 1.165) is 27.6 Å². The number of carbonyl (C=O) groups is 1. The van der Waals surface area contributed by atoms with E-state index in [2.05, 4.69) is 11.1 Å². The maximum absolute atomic E-state index is 12.9. The van der Waals surface area contributed by atoms with Crippen LogP contribution in [0.25, 0.3) is 10.9 Å². The molecule has 3 heteroatoms. The van der Waals surface area contributed by atoms with Crippen molar-refractivity contribution in [2.24, 2.45) is 0 Å². The number of nitriles is 1. The summed E-state index contributed by atoms with van der Waals surface area (Å²) in [5, 5.41) is 9.82. The fourth-order valence-electron chi connectivity index (χ4n) is 2.69. The molecule has 0 amide bonds. The zero-order valence-electron chi connectivity index (χ0n) is 11.9. The minimum Gasteiger partial charge on any atom is -0.360 e. The fourth-order valence-corrected chi connectivity index (χ4v) is 2.69. The summed E-state index contributed by atoms with van der Waals surface area (Å²) in [5.74, 6) is -0.00746. The van der Waals surface area contributed by atoms with Gasteiger partial charge in [-0.25, -0.2) is 0 Å². The summed E-state index contributed by atoms with van der Waals surface area (Å²) in [7, 11) is 0. The molecule has 0 aliphatic carbocycles. The second kappa shape index (κ2) is 4.92. The molecule has 3 aromatic rings. The summed E-state index contributed by atoms with van der Waals surface area (Å²) in [6, 6.07) is 13.3. The van der Waals surface area contributed by atoms with E-state index in [1.165, 1.54) is 0 Å². The first-order chi connectivity index (χ1) is 10.1. The molecule has 0 spiro atoms. The van der Waals surface area contributed by atoms with Crippen molar-refractivity contribution in [1.29, 1.82) is 5.26 Å². The average Bonchev–Trinajstić information content (AvgIpc) is 2.89. The van der Waals surface area contributed by atoms with Gasteiger partial charge in [-0.3, -0.25) is 4.79 Å². The predicted octanol–water partition coefficient (Wildman–Crippen LogP) is 3.89. The predicted molar refractivity (Wildman–Crippen MR) is 82.4 cm³/mol. The Labute approximate surface area is 122 Å². The number of benzene rings is 2. The average molecular weight is 274 g/mol. The Kier molecular flexibility index (Phi) is 3.08. The van der Waals surface area contributed by atoms with E-state index >= 15 is 0 Å². The monoisotopic (exact) mass is 274 g/mol. The molecular weight excluding hydrogens is 260 g/mol. The van der Waals surface area contributed by atoms with Crippen molar-refractivity contribution in [3.8, 4) is 6.07 Å². The van der Waals surface area contributed by atoms with Gasteiger partial charge in [0.25, 0.3) is 0 Å². The molecule has 1 aromatic heterocycles. The number of fused-ring (bicyclic) bond motifs is 1. The first kappa shape index (κ1) is 13.1. The summed E-state index contributed by atoms with van der Waals surface area (Å²) >= 11 is 0. The number of hydrogen-bond donors (Lipinski definition) is 1. The SMILES string of the molecule is Cc1cccc(C)c1C(=O)c1c[nH]c2ccc(C#N)cc12. The molecule has 21 heavy (non-hydrogen) atoms. The van der Waals surface area contributed by atoms with Crippen LogP contribution in [0.15, 0.2) is 42.6 Å². The Morgan fingerprint density at radius 2 is 1.86 bits per heavy atom. The van der Waals surface area contributed by atoms with Crippen molar-refractivity contribution in [3.63, 3.8) is 0 Å². The van der Waals surface area contributed by atoms with Gasteiger partial charge in [0.2, 0.25) is 0 Å². The molecule has 0 radical (unpaired) electrons. The van der Waals surface area contributed by atoms with Crippen LogP contribution in [-0.2, 0) is 0 Å². The molecular formula is C18H14N2O. The number of H-pyrrole nitrogens is 1. The van der Waals surface area contributed by atoms with Crippen LogP contribution in [0.1, 0.15) is 32.6 Å². The lowest BCUT2D eigenvalue weighted by atomic mass is 9.94. The number of hydrogen-bond acceptors (Lipinski definition) is 2. The Morgan fingerprint density at radius 1 is 1.14 bits per heavy atom. The van der Waals surface area contributed by atoms with Gasteiger partial charge in [-0.1, -0.05) is 18.2 Å². The number of aromatic nitrogens is 1. The van der Waals surface area contributed by atoms with Crippen LogP contribution in [-0.4, -0.2) is 10.8 Å². The third kappa shape index (κ3) is 2.11. The topological polar surface area (TPSA) is 56.6 Å². The lowest BCUT2D eigenvalue weighted by Crippen LogP contribution is -2.05. The van der Waals surface area contributed by atoms with Gasteiger partial charge in [0.15, 0.2) is 5.78 Å². The molecule has 102 valence electrons. The van der Waals surface area contributed by atoms with E-state index in [1.54, 1.807) is 18.3 Å². The van der Waals surface area contributed by atoms with E-state index in [0.29, 0.717) is 11.1 Å². The largest absolute Gasteiger partial charge is 0.360 e. The molecule has 0 aliphatic rings. The highest BCUT2D eigenvalue weighted by atomic mass is 16.1. The zero-order valence-corrected chi connectivity index (χ0v) is 11.9. The van der Waals surface area contributed by atoms with Crippen LogP contribution in [0.3, 0.4) is 0 Å². The van der Waals surface area contributed by atoms with Gasteiger partial charge >= 0.3 is 0 Å². The van der Waals surface area contributed by atoms with Crippen molar-refractivity contribution >= 4 is 16.7 Å². The molecule has 2 aromatic carbocycles. The molecule has 0 aliphatic heterocycles. The first-order valence-electron chi connectivity index (χ1n) is 6.74. The smallest absolute Gasteiger partial charge is 0.195 e. The van der Waals surface area contributed by atoms with Crippen molar-refractivity contribution in [2.75, 3.05) is 0 Å². The van der Waals surface area contributed by atoms with Crippen molar-refractivity contribution in [2.45, 2.75) is 13.8 Å². The number of carbonyl (C=O) groups excluding carboxylic acids is 1. The van der Waals surface area contributed by atoms with Crippen LogP contribution in [0, 0.1) is 25.2 Å². The van der Waals surface area contributed by atoms with Crippen molar-refractivity contribution in [3.05, 3.63) is 70.4 Å². The molecule has 0 bridgehead atoms. The second-order valence-electron chi connectivity index (χ2n) is 5.17. The molecule has 0 atom stereocenters. The number of nitrogens with one attached hydrogen (secondary N) is 1. The molecule has 0 unspecified atom stereocenters. The number of nitrogens with zero attached hydrogens (tertiary/aromatic N) is 1. The lowest BCUT2D eigenvalue weighted by Gasteiger charge is -2.07. The molecule has 3 nitrogen and oxygen atoms in total. The number of ketones is 1. The van der Waals surface area contributed by atoms with Crippen molar-refractivity contribution < 1.29 is 4.79 Å². The van der Waals surface area contributed by atoms with E-state index in [-0.39, 0.29) is 5.78 Å². The van der Waals surface area contributed by atoms with E-state index < -0.39 is 0 Å². The summed E-state index contributed by atoms with van der Waals surface area (Å²) in [5.41, 5.74) is 4.69. The molecule has 1 heterocycles. The minimum absolute atomic E-state index is 0.00746. The van der Waals surface area contributed by atoms with Gasteiger partial charge in [-0.2, -0.15) is 5.26 Å². The highest BCUT2D eigenvalue weighted by molar-refractivity contribution is 6.17. The Hall–Kier alpha value is -2.86. The Balaban J connectivity index is 2.21. The van der Waals surface area contributed by atoms with Crippen LogP contribution in [0.5, 0.6) is 0 Å². The summed E-state index contributed by atoms with van der Waals surface area (Å²) in [6.07, 6.45) is 1.72. The highest BCUT2D eigenvalue weighted by Gasteiger charge is 2.18. The Morgan fingerprint density at radius 3 is 2.52 bits per heavy atom. The second-order valence-corrected chi connectivity index (χ2v) is 5.17. The molecule has 0 saturated carbocycles. The minimum atomic E-state index is -0.00746. The van der Waals surface area contributed by atoms with Crippen LogP contribution in [0.2, 0.25) is 0 Å². The zero-order chi connectivity index (χ0) is 15.0. The standard InChI is InChI=1S/C18H14N2O/c1-11-4-3-5-12(2)17(11)18(21)15-10-20-16-7-6-13(9-19)8-14(15)16/h3-8,10,20H,1-2H3. The summed E-state index contributed by atoms with van der Waals surface area (Å²) in [6.45, 7) is 3.88. The fraction of sp³-hybridized carbons (Fsp3) is 0.111. The van der Waals surface area contributed by atoms with Crippen LogP contribution >= 0.6 is 0 Å². The summed E-state index contributed by atoms with van der Waals surface area (Å²) in [4.78, 5) is 16.0. The maximum atomic E-state index is 12.9. The third-order valence-corrected chi connectivity index (χ3v) is 3.76. The van der Waals surface area contributed by atoms with Crippen molar-refractivity contribution in [1.82, 2.24) is 4.98 Å². The third-order valence-electron chi connectivity index (χ3n) is 3.76. The normalized spacial score (nSPS) is 10.5. The van der Waals surface area contributed by atoms with Gasteiger partial charge in [-0.15, -0.1) is 0 Å².